The molecule has 0 spiro atoms. The van der Waals surface area contributed by atoms with Crippen LogP contribution in [0.3, 0.4) is 0 Å². The molecule has 1 N–H and O–H groups in total. The fourth-order valence-electron chi connectivity index (χ4n) is 1.45. The Morgan fingerprint density at radius 3 is 2.53 bits per heavy atom. The third-order valence-corrected chi connectivity index (χ3v) is 3.27. The molecule has 4 heteroatoms. The van der Waals surface area contributed by atoms with Crippen molar-refractivity contribution in [3.63, 3.8) is 0 Å². The minimum Gasteiger partial charge on any atom is -0.306 e. The molecule has 0 heterocycles. The second kappa shape index (κ2) is 4.06. The predicted octanol–water partition coefficient (Wildman–Crippen LogP) is 2.83. The number of hydrogen-bond acceptors (Lipinski definition) is 1. The Hall–Kier alpha value is -0.670. The minimum absolute atomic E-state index is 0.0341. The van der Waals surface area contributed by atoms with Crippen molar-refractivity contribution in [2.45, 2.75) is 24.9 Å². The van der Waals surface area contributed by atoms with Gasteiger partial charge in [0.2, 0.25) is 0 Å². The van der Waals surface area contributed by atoms with Crippen molar-refractivity contribution in [2.24, 2.45) is 0 Å². The summed E-state index contributed by atoms with van der Waals surface area (Å²) in [7, 11) is 0. The average Bonchev–Trinajstić information content (AvgIpc) is 3.01. The molecule has 0 amide bonds. The van der Waals surface area contributed by atoms with Gasteiger partial charge in [-0.2, -0.15) is 0 Å². The Balaban J connectivity index is 1.96. The molecule has 1 nitrogen and oxygen atoms in total. The van der Waals surface area contributed by atoms with Crippen LogP contribution in [0.4, 0.5) is 8.78 Å². The summed E-state index contributed by atoms with van der Waals surface area (Å²) in [5.41, 5.74) is 0.775. The van der Waals surface area contributed by atoms with Crippen molar-refractivity contribution < 1.29 is 8.78 Å². The topological polar surface area (TPSA) is 12.0 Å². The van der Waals surface area contributed by atoms with Gasteiger partial charge in [0.15, 0.2) is 11.6 Å². The summed E-state index contributed by atoms with van der Waals surface area (Å²) in [5, 5.41) is 3.26. The Morgan fingerprint density at radius 1 is 1.27 bits per heavy atom. The molecule has 82 valence electrons. The maximum Gasteiger partial charge on any atom is 0.159 e. The zero-order chi connectivity index (χ0) is 10.9. The molecule has 0 saturated heterocycles. The van der Waals surface area contributed by atoms with Gasteiger partial charge in [-0.15, -0.1) is 11.6 Å². The maximum atomic E-state index is 12.9. The van der Waals surface area contributed by atoms with E-state index < -0.39 is 11.6 Å². The van der Waals surface area contributed by atoms with Crippen LogP contribution in [0.5, 0.6) is 0 Å². The molecule has 0 atom stereocenters. The molecule has 1 aromatic rings. The van der Waals surface area contributed by atoms with E-state index in [0.717, 1.165) is 24.5 Å². The van der Waals surface area contributed by atoms with Gasteiger partial charge in [0.05, 0.1) is 0 Å². The molecule has 0 aliphatic heterocycles. The van der Waals surface area contributed by atoms with E-state index in [1.54, 1.807) is 6.07 Å². The number of nitrogens with one attached hydrogen (secondary N) is 1. The molecule has 1 fully saturated rings. The SMILES string of the molecule is Fc1ccc(CNC2(CCl)CC2)cc1F. The van der Waals surface area contributed by atoms with Gasteiger partial charge < -0.3 is 5.32 Å². The quantitative estimate of drug-likeness (QED) is 0.786. The first-order valence-corrected chi connectivity index (χ1v) is 5.44. The van der Waals surface area contributed by atoms with Crippen LogP contribution in [0.1, 0.15) is 18.4 Å². The second-order valence-electron chi connectivity index (χ2n) is 4.02. The molecular formula is C11H12ClF2N. The fraction of sp³-hybridized carbons (Fsp3) is 0.455. The van der Waals surface area contributed by atoms with Crippen LogP contribution < -0.4 is 5.32 Å². The molecule has 1 saturated carbocycles. The number of hydrogen-bond donors (Lipinski definition) is 1. The van der Waals surface area contributed by atoms with Gasteiger partial charge in [-0.3, -0.25) is 0 Å². The molecular weight excluding hydrogens is 220 g/mol. The lowest BCUT2D eigenvalue weighted by molar-refractivity contribution is 0.501. The molecule has 0 bridgehead atoms. The number of alkyl halides is 1. The Kier molecular flexibility index (Phi) is 2.94. The van der Waals surface area contributed by atoms with Gasteiger partial charge in [0.25, 0.3) is 0 Å². The first kappa shape index (κ1) is 10.8. The Morgan fingerprint density at radius 2 is 2.00 bits per heavy atom. The Labute approximate surface area is 92.4 Å². The third-order valence-electron chi connectivity index (χ3n) is 2.76. The van der Waals surface area contributed by atoms with Crippen LogP contribution in [0.2, 0.25) is 0 Å². The van der Waals surface area contributed by atoms with Crippen molar-refractivity contribution in [3.05, 3.63) is 35.4 Å². The maximum absolute atomic E-state index is 12.9. The standard InChI is InChI=1S/C11H12ClF2N/c12-7-11(3-4-11)15-6-8-1-2-9(13)10(14)5-8/h1-2,5,15H,3-4,6-7H2. The van der Waals surface area contributed by atoms with Crippen molar-refractivity contribution in [1.82, 2.24) is 5.32 Å². The molecule has 1 aliphatic rings. The zero-order valence-corrected chi connectivity index (χ0v) is 8.95. The highest BCUT2D eigenvalue weighted by atomic mass is 35.5. The smallest absolute Gasteiger partial charge is 0.159 e. The average molecular weight is 232 g/mol. The lowest BCUT2D eigenvalue weighted by Crippen LogP contribution is -2.32. The normalized spacial score (nSPS) is 17.8. The molecule has 2 rings (SSSR count). The van der Waals surface area contributed by atoms with Gasteiger partial charge in [-0.05, 0) is 30.5 Å². The number of benzene rings is 1. The van der Waals surface area contributed by atoms with Gasteiger partial charge >= 0.3 is 0 Å². The number of rotatable bonds is 4. The summed E-state index contributed by atoms with van der Waals surface area (Å²) < 4.78 is 25.5. The summed E-state index contributed by atoms with van der Waals surface area (Å²) in [6.45, 7) is 0.532. The first-order valence-electron chi connectivity index (χ1n) is 4.90. The third kappa shape index (κ3) is 2.47. The molecule has 0 aromatic heterocycles. The summed E-state index contributed by atoms with van der Waals surface area (Å²) in [5.74, 6) is -1.04. The first-order chi connectivity index (χ1) is 7.15. The largest absolute Gasteiger partial charge is 0.306 e. The fourth-order valence-corrected chi connectivity index (χ4v) is 1.81. The van der Waals surface area contributed by atoms with Gasteiger partial charge in [-0.1, -0.05) is 6.07 Å². The zero-order valence-electron chi connectivity index (χ0n) is 8.19. The monoisotopic (exact) mass is 231 g/mol. The van der Waals surface area contributed by atoms with E-state index >= 15 is 0 Å². The molecule has 1 aromatic carbocycles. The van der Waals surface area contributed by atoms with Gasteiger partial charge in [0.1, 0.15) is 0 Å². The van der Waals surface area contributed by atoms with E-state index in [4.69, 9.17) is 11.6 Å². The van der Waals surface area contributed by atoms with Crippen LogP contribution in [0.25, 0.3) is 0 Å². The summed E-state index contributed by atoms with van der Waals surface area (Å²) >= 11 is 5.78. The predicted molar refractivity (Wildman–Crippen MR) is 55.9 cm³/mol. The van der Waals surface area contributed by atoms with E-state index in [9.17, 15) is 8.78 Å². The van der Waals surface area contributed by atoms with E-state index in [2.05, 4.69) is 5.32 Å². The minimum atomic E-state index is -0.808. The van der Waals surface area contributed by atoms with Crippen molar-refractivity contribution in [2.75, 3.05) is 5.88 Å². The lowest BCUT2D eigenvalue weighted by Gasteiger charge is -2.13. The van der Waals surface area contributed by atoms with E-state index in [1.807, 2.05) is 0 Å². The lowest BCUT2D eigenvalue weighted by atomic mass is 10.2. The highest BCUT2D eigenvalue weighted by molar-refractivity contribution is 6.18. The second-order valence-corrected chi connectivity index (χ2v) is 4.28. The summed E-state index contributed by atoms with van der Waals surface area (Å²) in [4.78, 5) is 0. The molecule has 0 radical (unpaired) electrons. The van der Waals surface area contributed by atoms with Crippen LogP contribution in [-0.2, 0) is 6.54 Å². The molecule has 1 aliphatic carbocycles. The van der Waals surface area contributed by atoms with Crippen LogP contribution in [-0.4, -0.2) is 11.4 Å². The van der Waals surface area contributed by atoms with E-state index in [0.29, 0.717) is 12.4 Å². The Bertz CT molecular complexity index is 364. The molecule has 0 unspecified atom stereocenters. The van der Waals surface area contributed by atoms with E-state index in [-0.39, 0.29) is 5.54 Å². The van der Waals surface area contributed by atoms with Crippen molar-refractivity contribution in [1.29, 1.82) is 0 Å². The van der Waals surface area contributed by atoms with Crippen LogP contribution in [0, 0.1) is 11.6 Å². The highest BCUT2D eigenvalue weighted by Gasteiger charge is 2.40. The van der Waals surface area contributed by atoms with Crippen LogP contribution >= 0.6 is 11.6 Å². The molecule has 15 heavy (non-hydrogen) atoms. The number of halogens is 3. The van der Waals surface area contributed by atoms with Gasteiger partial charge in [-0.25, -0.2) is 8.78 Å². The summed E-state index contributed by atoms with van der Waals surface area (Å²) in [6.07, 6.45) is 2.11. The van der Waals surface area contributed by atoms with Crippen molar-refractivity contribution >= 4 is 11.6 Å². The van der Waals surface area contributed by atoms with Crippen molar-refractivity contribution in [3.8, 4) is 0 Å². The highest BCUT2D eigenvalue weighted by Crippen LogP contribution is 2.36. The summed E-state index contributed by atoms with van der Waals surface area (Å²) in [6, 6.07) is 3.94. The van der Waals surface area contributed by atoms with E-state index in [1.165, 1.54) is 6.07 Å². The van der Waals surface area contributed by atoms with Gasteiger partial charge in [0, 0.05) is 18.0 Å². The van der Waals surface area contributed by atoms with Crippen LogP contribution in [0.15, 0.2) is 18.2 Å².